The third kappa shape index (κ3) is 3.41. The standard InChI is InChI=1S/C24H29N7O4/c1-6-30-14(2)26-16-11-15(7-8-17(16)30)21(32)29-10-9-18(24(3,35)12-29)31-13-25-20-19(31)22(33)28(5)23(34)27(20)4/h7-8,11,13,18,35H,6,9-10,12H2,1-5H3/t18-,24-/m1/s1. The van der Waals surface area contributed by atoms with Gasteiger partial charge in [-0.1, -0.05) is 0 Å². The van der Waals surface area contributed by atoms with Gasteiger partial charge in [0.25, 0.3) is 11.5 Å². The van der Waals surface area contributed by atoms with Crippen LogP contribution in [0.4, 0.5) is 0 Å². The van der Waals surface area contributed by atoms with E-state index in [0.717, 1.165) is 28.0 Å². The molecule has 0 bridgehead atoms. The maximum Gasteiger partial charge on any atom is 0.332 e. The summed E-state index contributed by atoms with van der Waals surface area (Å²) in [6.07, 6.45) is 1.91. The van der Waals surface area contributed by atoms with Crippen LogP contribution in [0.15, 0.2) is 34.1 Å². The third-order valence-corrected chi connectivity index (χ3v) is 7.20. The summed E-state index contributed by atoms with van der Waals surface area (Å²) in [5.41, 5.74) is 0.532. The number of aryl methyl sites for hydroxylation is 3. The molecule has 1 amide bonds. The van der Waals surface area contributed by atoms with Gasteiger partial charge in [-0.25, -0.2) is 14.8 Å². The van der Waals surface area contributed by atoms with Crippen LogP contribution in [0.5, 0.6) is 0 Å². The van der Waals surface area contributed by atoms with Crippen molar-refractivity contribution in [3.8, 4) is 0 Å². The van der Waals surface area contributed by atoms with Gasteiger partial charge in [0.1, 0.15) is 11.4 Å². The van der Waals surface area contributed by atoms with Crippen molar-refractivity contribution in [2.24, 2.45) is 14.1 Å². The van der Waals surface area contributed by atoms with Gasteiger partial charge in [0, 0.05) is 32.7 Å². The molecular formula is C24H29N7O4. The molecule has 0 spiro atoms. The van der Waals surface area contributed by atoms with E-state index >= 15 is 0 Å². The first-order chi connectivity index (χ1) is 16.5. The van der Waals surface area contributed by atoms with Crippen molar-refractivity contribution in [1.82, 2.24) is 33.1 Å². The van der Waals surface area contributed by atoms with Crippen molar-refractivity contribution in [2.45, 2.75) is 45.4 Å². The lowest BCUT2D eigenvalue weighted by molar-refractivity contribution is -0.0478. The second-order valence-corrected chi connectivity index (χ2v) is 9.52. The number of likely N-dealkylation sites (tertiary alicyclic amines) is 1. The minimum absolute atomic E-state index is 0.0860. The van der Waals surface area contributed by atoms with Crippen LogP contribution in [0.1, 0.15) is 42.5 Å². The number of fused-ring (bicyclic) bond motifs is 2. The summed E-state index contributed by atoms with van der Waals surface area (Å²) in [6, 6.07) is 5.01. The van der Waals surface area contributed by atoms with Crippen molar-refractivity contribution in [2.75, 3.05) is 13.1 Å². The molecule has 3 aromatic heterocycles. The van der Waals surface area contributed by atoms with Crippen molar-refractivity contribution in [3.05, 3.63) is 56.8 Å². The number of benzene rings is 1. The molecule has 0 aliphatic carbocycles. The van der Waals surface area contributed by atoms with E-state index in [1.807, 2.05) is 13.0 Å². The fourth-order valence-electron chi connectivity index (χ4n) is 5.34. The molecular weight excluding hydrogens is 450 g/mol. The van der Waals surface area contributed by atoms with Gasteiger partial charge < -0.3 is 19.1 Å². The average molecular weight is 480 g/mol. The summed E-state index contributed by atoms with van der Waals surface area (Å²) in [4.78, 5) is 49.0. The van der Waals surface area contributed by atoms with Crippen molar-refractivity contribution < 1.29 is 9.90 Å². The number of carbonyl (C=O) groups excluding carboxylic acids is 1. The summed E-state index contributed by atoms with van der Waals surface area (Å²) < 4.78 is 6.09. The Morgan fingerprint density at radius 3 is 2.66 bits per heavy atom. The molecule has 4 heterocycles. The minimum atomic E-state index is -1.33. The van der Waals surface area contributed by atoms with Gasteiger partial charge >= 0.3 is 5.69 Å². The van der Waals surface area contributed by atoms with Crippen molar-refractivity contribution >= 4 is 28.1 Å². The van der Waals surface area contributed by atoms with E-state index in [0.29, 0.717) is 18.5 Å². The predicted octanol–water partition coefficient (Wildman–Crippen LogP) is 0.950. The van der Waals surface area contributed by atoms with E-state index in [4.69, 9.17) is 0 Å². The van der Waals surface area contributed by atoms with Crippen LogP contribution in [0.2, 0.25) is 0 Å². The molecule has 1 saturated heterocycles. The topological polar surface area (TPSA) is 120 Å². The Bertz CT molecular complexity index is 1600. The van der Waals surface area contributed by atoms with E-state index < -0.39 is 22.9 Å². The Hall–Kier alpha value is -3.73. The van der Waals surface area contributed by atoms with Gasteiger partial charge in [-0.15, -0.1) is 0 Å². The van der Waals surface area contributed by atoms with Crippen LogP contribution in [-0.4, -0.2) is 62.8 Å². The second-order valence-electron chi connectivity index (χ2n) is 9.52. The molecule has 184 valence electrons. The third-order valence-electron chi connectivity index (χ3n) is 7.20. The van der Waals surface area contributed by atoms with E-state index in [1.54, 1.807) is 35.6 Å². The van der Waals surface area contributed by atoms with E-state index in [9.17, 15) is 19.5 Å². The lowest BCUT2D eigenvalue weighted by Crippen LogP contribution is -2.54. The number of piperidine rings is 1. The van der Waals surface area contributed by atoms with Crippen LogP contribution >= 0.6 is 0 Å². The van der Waals surface area contributed by atoms with Gasteiger partial charge in [0.15, 0.2) is 11.2 Å². The van der Waals surface area contributed by atoms with Gasteiger partial charge in [-0.3, -0.25) is 18.7 Å². The second kappa shape index (κ2) is 7.91. The van der Waals surface area contributed by atoms with Crippen LogP contribution < -0.4 is 11.2 Å². The number of amides is 1. The summed E-state index contributed by atoms with van der Waals surface area (Å²) in [5, 5.41) is 11.4. The van der Waals surface area contributed by atoms with Crippen LogP contribution in [-0.2, 0) is 20.6 Å². The normalized spacial score (nSPS) is 20.7. The average Bonchev–Trinajstić information content (AvgIpc) is 3.40. The Labute approximate surface area is 200 Å². The Morgan fingerprint density at radius 1 is 1.23 bits per heavy atom. The highest BCUT2D eigenvalue weighted by atomic mass is 16.3. The first kappa shape index (κ1) is 23.0. The molecule has 1 fully saturated rings. The van der Waals surface area contributed by atoms with E-state index in [-0.39, 0.29) is 23.6 Å². The fraction of sp³-hybridized carbons (Fsp3) is 0.458. The Kier molecular flexibility index (Phi) is 5.20. The highest BCUT2D eigenvalue weighted by Gasteiger charge is 2.42. The van der Waals surface area contributed by atoms with Gasteiger partial charge in [-0.2, -0.15) is 0 Å². The minimum Gasteiger partial charge on any atom is -0.386 e. The van der Waals surface area contributed by atoms with Crippen molar-refractivity contribution in [3.63, 3.8) is 0 Å². The predicted molar refractivity (Wildman–Crippen MR) is 131 cm³/mol. The SMILES string of the molecule is CCn1c(C)nc2cc(C(=O)N3CC[C@@H](n4cnc5c4c(=O)n(C)c(=O)n5C)[C@](C)(O)C3)ccc21. The van der Waals surface area contributed by atoms with E-state index in [1.165, 1.54) is 17.9 Å². The lowest BCUT2D eigenvalue weighted by Gasteiger charge is -2.43. The first-order valence-electron chi connectivity index (χ1n) is 11.7. The summed E-state index contributed by atoms with van der Waals surface area (Å²) in [7, 11) is 2.98. The van der Waals surface area contributed by atoms with Gasteiger partial charge in [0.2, 0.25) is 0 Å². The smallest absolute Gasteiger partial charge is 0.332 e. The maximum absolute atomic E-state index is 13.3. The molecule has 5 rings (SSSR count). The summed E-state index contributed by atoms with van der Waals surface area (Å²) >= 11 is 0. The lowest BCUT2D eigenvalue weighted by atomic mass is 9.88. The number of rotatable bonds is 3. The van der Waals surface area contributed by atoms with Crippen molar-refractivity contribution in [1.29, 1.82) is 0 Å². The molecule has 1 aromatic carbocycles. The zero-order valence-electron chi connectivity index (χ0n) is 20.5. The summed E-state index contributed by atoms with van der Waals surface area (Å²) in [5.74, 6) is 0.718. The van der Waals surface area contributed by atoms with Crippen LogP contribution in [0.3, 0.4) is 0 Å². The molecule has 2 atom stereocenters. The first-order valence-corrected chi connectivity index (χ1v) is 11.7. The number of hydrogen-bond donors (Lipinski definition) is 1. The number of aromatic nitrogens is 6. The Balaban J connectivity index is 1.46. The highest BCUT2D eigenvalue weighted by Crippen LogP contribution is 2.34. The molecule has 35 heavy (non-hydrogen) atoms. The van der Waals surface area contributed by atoms with Crippen LogP contribution in [0, 0.1) is 6.92 Å². The van der Waals surface area contributed by atoms with E-state index in [2.05, 4.69) is 21.5 Å². The zero-order chi connectivity index (χ0) is 25.2. The largest absolute Gasteiger partial charge is 0.386 e. The number of β-amino-alcohol motifs (C(OH)–C–C–N with tert-alkyl or cyclic N) is 1. The monoisotopic (exact) mass is 479 g/mol. The molecule has 11 heteroatoms. The molecule has 1 N–H and O–H groups in total. The van der Waals surface area contributed by atoms with Gasteiger partial charge in [-0.05, 0) is 45.4 Å². The number of imidazole rings is 2. The maximum atomic E-state index is 13.3. The highest BCUT2D eigenvalue weighted by molar-refractivity contribution is 5.97. The van der Waals surface area contributed by atoms with Gasteiger partial charge in [0.05, 0.1) is 29.9 Å². The molecule has 11 nitrogen and oxygen atoms in total. The molecule has 1 aliphatic heterocycles. The number of carbonyl (C=O) groups is 1. The quantitative estimate of drug-likeness (QED) is 0.467. The Morgan fingerprint density at radius 2 is 1.97 bits per heavy atom. The molecule has 0 unspecified atom stereocenters. The zero-order valence-corrected chi connectivity index (χ0v) is 20.5. The summed E-state index contributed by atoms with van der Waals surface area (Å²) in [6.45, 7) is 6.93. The molecule has 1 aliphatic rings. The molecule has 4 aromatic rings. The number of hydrogen-bond acceptors (Lipinski definition) is 6. The molecule has 0 radical (unpaired) electrons. The fourth-order valence-corrected chi connectivity index (χ4v) is 5.34. The van der Waals surface area contributed by atoms with Crippen LogP contribution in [0.25, 0.3) is 22.2 Å². The molecule has 0 saturated carbocycles. The number of aliphatic hydroxyl groups is 1. The number of nitrogens with zero attached hydrogens (tertiary/aromatic N) is 7.